The number of rotatable bonds is 7. The number of nitrogens with one attached hydrogen (secondary N) is 1. The first-order valence-corrected chi connectivity index (χ1v) is 9.57. The molecule has 0 unspecified atom stereocenters. The molecule has 0 fully saturated rings. The van der Waals surface area contributed by atoms with Gasteiger partial charge < -0.3 is 9.84 Å². The van der Waals surface area contributed by atoms with Gasteiger partial charge in [0, 0.05) is 33.3 Å². The van der Waals surface area contributed by atoms with Crippen LogP contribution in [0.4, 0.5) is 5.69 Å². The Kier molecular flexibility index (Phi) is 7.07. The van der Waals surface area contributed by atoms with E-state index < -0.39 is 16.6 Å². The van der Waals surface area contributed by atoms with E-state index in [0.717, 1.165) is 23.8 Å². The maximum atomic E-state index is 12.2. The van der Waals surface area contributed by atoms with Gasteiger partial charge in [-0.05, 0) is 30.3 Å². The standard InChI is InChI=1S/C21H15Cl2N3O5/c22-15-6-5-14(18(23)9-15)12-31-20-4-2-1-3-13(20)11-24-25-21(28)17-10-16(26(29)30)7-8-19(17)27/h1-11,27H,12H2,(H,25,28). The fourth-order valence-corrected chi connectivity index (χ4v) is 3.02. The molecule has 0 spiro atoms. The minimum absolute atomic E-state index is 0.189. The number of hydrogen-bond acceptors (Lipinski definition) is 6. The lowest BCUT2D eigenvalue weighted by molar-refractivity contribution is -0.384. The molecule has 0 aliphatic heterocycles. The van der Waals surface area contributed by atoms with Crippen molar-refractivity contribution in [2.24, 2.45) is 5.10 Å². The van der Waals surface area contributed by atoms with Crippen molar-refractivity contribution in [1.29, 1.82) is 0 Å². The Morgan fingerprint density at radius 1 is 1.16 bits per heavy atom. The SMILES string of the molecule is O=C(NN=Cc1ccccc1OCc1ccc(Cl)cc1Cl)c1cc([N+](=O)[O-])ccc1O. The molecule has 10 heteroatoms. The number of nitro groups is 1. The van der Waals surface area contributed by atoms with Crippen LogP contribution >= 0.6 is 23.2 Å². The van der Waals surface area contributed by atoms with Gasteiger partial charge in [-0.25, -0.2) is 5.43 Å². The lowest BCUT2D eigenvalue weighted by Crippen LogP contribution is -2.18. The van der Waals surface area contributed by atoms with E-state index in [-0.39, 0.29) is 17.9 Å². The van der Waals surface area contributed by atoms with Crippen molar-refractivity contribution < 1.29 is 19.6 Å². The summed E-state index contributed by atoms with van der Waals surface area (Å²) in [6.45, 7) is 0.189. The van der Waals surface area contributed by atoms with E-state index in [9.17, 15) is 20.0 Å². The smallest absolute Gasteiger partial charge is 0.275 e. The number of carbonyl (C=O) groups excluding carboxylic acids is 1. The number of nitrogens with zero attached hydrogens (tertiary/aromatic N) is 2. The van der Waals surface area contributed by atoms with Crippen molar-refractivity contribution in [2.45, 2.75) is 6.61 Å². The third kappa shape index (κ3) is 5.71. The number of phenolic OH excluding ortho intramolecular Hbond substituents is 1. The van der Waals surface area contributed by atoms with Crippen LogP contribution in [0.2, 0.25) is 10.0 Å². The molecule has 0 radical (unpaired) electrons. The van der Waals surface area contributed by atoms with E-state index >= 15 is 0 Å². The molecule has 0 bridgehead atoms. The minimum Gasteiger partial charge on any atom is -0.507 e. The Morgan fingerprint density at radius 3 is 2.68 bits per heavy atom. The normalized spacial score (nSPS) is 10.8. The van der Waals surface area contributed by atoms with Crippen molar-refractivity contribution in [3.63, 3.8) is 0 Å². The largest absolute Gasteiger partial charge is 0.507 e. The molecule has 2 N–H and O–H groups in total. The number of ether oxygens (including phenoxy) is 1. The van der Waals surface area contributed by atoms with Gasteiger partial charge >= 0.3 is 0 Å². The zero-order valence-corrected chi connectivity index (χ0v) is 17.3. The lowest BCUT2D eigenvalue weighted by Gasteiger charge is -2.10. The first-order chi connectivity index (χ1) is 14.8. The number of aromatic hydroxyl groups is 1. The second kappa shape index (κ2) is 9.92. The molecule has 0 heterocycles. The Hall–Kier alpha value is -3.62. The van der Waals surface area contributed by atoms with Crippen molar-refractivity contribution >= 4 is 41.0 Å². The number of nitro benzene ring substituents is 1. The van der Waals surface area contributed by atoms with Crippen molar-refractivity contribution in [2.75, 3.05) is 0 Å². The molecule has 1 amide bonds. The highest BCUT2D eigenvalue weighted by molar-refractivity contribution is 6.35. The summed E-state index contributed by atoms with van der Waals surface area (Å²) in [4.78, 5) is 22.4. The Labute approximate surface area is 186 Å². The number of phenols is 1. The third-order valence-electron chi connectivity index (χ3n) is 4.12. The summed E-state index contributed by atoms with van der Waals surface area (Å²) in [5.41, 5.74) is 2.94. The summed E-state index contributed by atoms with van der Waals surface area (Å²) in [6.07, 6.45) is 1.35. The molecular weight excluding hydrogens is 445 g/mol. The first-order valence-electron chi connectivity index (χ1n) is 8.81. The van der Waals surface area contributed by atoms with Crippen LogP contribution in [0.15, 0.2) is 65.8 Å². The molecule has 31 heavy (non-hydrogen) atoms. The molecule has 0 aliphatic rings. The highest BCUT2D eigenvalue weighted by Gasteiger charge is 2.16. The third-order valence-corrected chi connectivity index (χ3v) is 4.71. The van der Waals surface area contributed by atoms with E-state index in [4.69, 9.17) is 27.9 Å². The summed E-state index contributed by atoms with van der Waals surface area (Å²) in [5, 5.41) is 25.5. The second-order valence-corrected chi connectivity index (χ2v) is 7.06. The molecule has 3 aromatic rings. The molecule has 3 rings (SSSR count). The van der Waals surface area contributed by atoms with E-state index in [1.165, 1.54) is 6.21 Å². The summed E-state index contributed by atoms with van der Waals surface area (Å²) in [6, 6.07) is 15.2. The quantitative estimate of drug-likeness (QED) is 0.294. The fraction of sp³-hybridized carbons (Fsp3) is 0.0476. The van der Waals surface area contributed by atoms with E-state index in [1.54, 1.807) is 42.5 Å². The van der Waals surface area contributed by atoms with E-state index in [2.05, 4.69) is 10.5 Å². The van der Waals surface area contributed by atoms with Gasteiger partial charge in [0.1, 0.15) is 18.1 Å². The molecule has 0 saturated heterocycles. The molecule has 0 atom stereocenters. The van der Waals surface area contributed by atoms with Crippen LogP contribution in [-0.4, -0.2) is 22.2 Å². The number of non-ortho nitro benzene ring substituents is 1. The van der Waals surface area contributed by atoms with E-state index in [0.29, 0.717) is 21.4 Å². The van der Waals surface area contributed by atoms with E-state index in [1.807, 2.05) is 0 Å². The number of amides is 1. The highest BCUT2D eigenvalue weighted by atomic mass is 35.5. The first kappa shape index (κ1) is 22.1. The molecular formula is C21H15Cl2N3O5. The van der Waals surface area contributed by atoms with Crippen molar-refractivity contribution in [3.05, 3.63) is 97.5 Å². The summed E-state index contributed by atoms with van der Waals surface area (Å²) < 4.78 is 5.80. The topological polar surface area (TPSA) is 114 Å². The second-order valence-electron chi connectivity index (χ2n) is 6.22. The number of hydrazone groups is 1. The summed E-state index contributed by atoms with van der Waals surface area (Å²) in [5.74, 6) is -0.713. The van der Waals surface area contributed by atoms with Gasteiger partial charge in [0.25, 0.3) is 11.6 Å². The van der Waals surface area contributed by atoms with Crippen LogP contribution in [-0.2, 0) is 6.61 Å². The average Bonchev–Trinajstić information content (AvgIpc) is 2.74. The average molecular weight is 460 g/mol. The predicted molar refractivity (Wildman–Crippen MR) is 117 cm³/mol. The summed E-state index contributed by atoms with van der Waals surface area (Å²) >= 11 is 12.0. The molecule has 8 nitrogen and oxygen atoms in total. The summed E-state index contributed by atoms with van der Waals surface area (Å²) in [7, 11) is 0. The number of carbonyl (C=O) groups is 1. The maximum absolute atomic E-state index is 12.2. The van der Waals surface area contributed by atoms with Crippen LogP contribution in [0, 0.1) is 10.1 Å². The molecule has 158 valence electrons. The van der Waals surface area contributed by atoms with Gasteiger partial charge in [-0.1, -0.05) is 41.4 Å². The van der Waals surface area contributed by atoms with Crippen LogP contribution in [0.1, 0.15) is 21.5 Å². The van der Waals surface area contributed by atoms with Crippen LogP contribution in [0.3, 0.4) is 0 Å². The van der Waals surface area contributed by atoms with Crippen LogP contribution < -0.4 is 10.2 Å². The number of para-hydroxylation sites is 1. The van der Waals surface area contributed by atoms with Gasteiger partial charge in [0.15, 0.2) is 0 Å². The maximum Gasteiger partial charge on any atom is 0.275 e. The molecule has 3 aromatic carbocycles. The zero-order valence-electron chi connectivity index (χ0n) is 15.8. The molecule has 0 aromatic heterocycles. The Bertz CT molecular complexity index is 1170. The Morgan fingerprint density at radius 2 is 1.94 bits per heavy atom. The number of halogens is 2. The monoisotopic (exact) mass is 459 g/mol. The number of benzene rings is 3. The van der Waals surface area contributed by atoms with Crippen LogP contribution in [0.25, 0.3) is 0 Å². The van der Waals surface area contributed by atoms with Gasteiger partial charge in [-0.2, -0.15) is 5.10 Å². The van der Waals surface area contributed by atoms with Gasteiger partial charge in [0.2, 0.25) is 0 Å². The molecule has 0 aliphatic carbocycles. The van der Waals surface area contributed by atoms with Gasteiger partial charge in [-0.15, -0.1) is 0 Å². The molecule has 0 saturated carbocycles. The highest BCUT2D eigenvalue weighted by Crippen LogP contribution is 2.24. The van der Waals surface area contributed by atoms with Crippen LogP contribution in [0.5, 0.6) is 11.5 Å². The minimum atomic E-state index is -0.802. The van der Waals surface area contributed by atoms with Crippen molar-refractivity contribution in [1.82, 2.24) is 5.43 Å². The fourth-order valence-electron chi connectivity index (χ4n) is 2.55. The number of hydrogen-bond donors (Lipinski definition) is 2. The lowest BCUT2D eigenvalue weighted by atomic mass is 10.1. The van der Waals surface area contributed by atoms with Crippen molar-refractivity contribution in [3.8, 4) is 11.5 Å². The Balaban J connectivity index is 1.70. The zero-order chi connectivity index (χ0) is 22.4. The van der Waals surface area contributed by atoms with Gasteiger partial charge in [0.05, 0.1) is 16.7 Å². The van der Waals surface area contributed by atoms with Gasteiger partial charge in [-0.3, -0.25) is 14.9 Å². The predicted octanol–water partition coefficient (Wildman–Crippen LogP) is 4.95.